The number of imidazole rings is 1. The molecule has 0 bridgehead atoms. The molecule has 0 saturated heterocycles. The summed E-state index contributed by atoms with van der Waals surface area (Å²) < 4.78 is 8.47. The predicted molar refractivity (Wildman–Crippen MR) is 141 cm³/mol. The van der Waals surface area contributed by atoms with Gasteiger partial charge in [-0.3, -0.25) is 4.79 Å². The Morgan fingerprint density at radius 3 is 2.70 bits per heavy atom. The number of nitrogens with zero attached hydrogens (tertiary/aromatic N) is 3. The van der Waals surface area contributed by atoms with Crippen LogP contribution in [0, 0.1) is 0 Å². The summed E-state index contributed by atoms with van der Waals surface area (Å²) in [4.78, 5) is 32.5. The lowest BCUT2D eigenvalue weighted by Crippen LogP contribution is -2.52. The summed E-state index contributed by atoms with van der Waals surface area (Å²) in [6.45, 7) is 1.62. The van der Waals surface area contributed by atoms with Gasteiger partial charge in [-0.25, -0.2) is 9.78 Å². The van der Waals surface area contributed by atoms with Crippen molar-refractivity contribution in [3.05, 3.63) is 70.8 Å². The first kappa shape index (κ1) is 22.4. The molecule has 3 amide bonds. The van der Waals surface area contributed by atoms with Gasteiger partial charge in [0.25, 0.3) is 5.91 Å². The maximum absolute atomic E-state index is 13.6. The van der Waals surface area contributed by atoms with Crippen molar-refractivity contribution in [2.75, 3.05) is 11.9 Å². The largest absolute Gasteiger partial charge is 0.450 e. The van der Waals surface area contributed by atoms with Gasteiger partial charge in [-0.15, -0.1) is 0 Å². The molecule has 2 aliphatic heterocycles. The van der Waals surface area contributed by atoms with Crippen LogP contribution in [0.15, 0.2) is 53.1 Å². The van der Waals surface area contributed by atoms with Crippen LogP contribution in [0.2, 0.25) is 5.02 Å². The second kappa shape index (κ2) is 8.38. The van der Waals surface area contributed by atoms with E-state index in [9.17, 15) is 9.59 Å². The second-order valence-electron chi connectivity index (χ2n) is 10.2. The van der Waals surface area contributed by atoms with Gasteiger partial charge in [-0.1, -0.05) is 61.2 Å². The third-order valence-electron chi connectivity index (χ3n) is 7.97. The Kier molecular flexibility index (Phi) is 5.08. The average molecular weight is 516 g/mol. The molecule has 9 heteroatoms. The lowest BCUT2D eigenvalue weighted by Gasteiger charge is -2.42. The minimum atomic E-state index is -0.541. The normalized spacial score (nSPS) is 18.3. The van der Waals surface area contributed by atoms with Gasteiger partial charge in [0, 0.05) is 24.0 Å². The molecule has 1 saturated carbocycles. The maximum Gasteiger partial charge on any atom is 0.319 e. The molecule has 0 radical (unpaired) electrons. The molecule has 8 nitrogen and oxygen atoms in total. The first-order valence-corrected chi connectivity index (χ1v) is 13.1. The topological polar surface area (TPSA) is 92.4 Å². The van der Waals surface area contributed by atoms with Gasteiger partial charge < -0.3 is 24.5 Å². The molecule has 4 aromatic rings. The molecule has 0 unspecified atom stereocenters. The fraction of sp³-hybridized carbons (Fsp3) is 0.321. The quantitative estimate of drug-likeness (QED) is 0.347. The molecule has 0 atom stereocenters. The SMILES string of the molecule is O=C1Nc2c(Cl)cc3cc(C(=O)N4CCn5c(-c6ccccc6)cnc5C4)oc3c2C2(CCCCC2)N1. The van der Waals surface area contributed by atoms with E-state index in [1.54, 1.807) is 17.0 Å². The number of urea groups is 1. The highest BCUT2D eigenvalue weighted by atomic mass is 35.5. The number of amides is 3. The number of carbonyl (C=O) groups is 2. The van der Waals surface area contributed by atoms with Crippen molar-refractivity contribution in [3.63, 3.8) is 0 Å². The number of aromatic nitrogens is 2. The summed E-state index contributed by atoms with van der Waals surface area (Å²) in [5, 5.41) is 7.25. The molecule has 3 aliphatic rings. The van der Waals surface area contributed by atoms with Crippen LogP contribution in [0.5, 0.6) is 0 Å². The molecule has 7 rings (SSSR count). The number of fused-ring (bicyclic) bond motifs is 5. The van der Waals surface area contributed by atoms with E-state index in [0.29, 0.717) is 35.9 Å². The lowest BCUT2D eigenvalue weighted by atomic mass is 9.74. The highest BCUT2D eigenvalue weighted by Crippen LogP contribution is 2.49. The third kappa shape index (κ3) is 3.54. The number of anilines is 1. The van der Waals surface area contributed by atoms with Gasteiger partial charge >= 0.3 is 6.03 Å². The molecule has 188 valence electrons. The van der Waals surface area contributed by atoms with Gasteiger partial charge in [-0.2, -0.15) is 0 Å². The monoisotopic (exact) mass is 515 g/mol. The van der Waals surface area contributed by atoms with E-state index in [4.69, 9.17) is 16.0 Å². The molecule has 1 fully saturated rings. The smallest absolute Gasteiger partial charge is 0.319 e. The zero-order valence-electron chi connectivity index (χ0n) is 20.2. The minimum Gasteiger partial charge on any atom is -0.450 e. The van der Waals surface area contributed by atoms with E-state index in [1.165, 1.54) is 0 Å². The first-order chi connectivity index (χ1) is 18.0. The number of hydrogen-bond donors (Lipinski definition) is 2. The van der Waals surface area contributed by atoms with Crippen molar-refractivity contribution >= 4 is 40.2 Å². The van der Waals surface area contributed by atoms with Crippen LogP contribution in [-0.2, 0) is 18.6 Å². The van der Waals surface area contributed by atoms with E-state index in [-0.39, 0.29) is 17.7 Å². The van der Waals surface area contributed by atoms with Gasteiger partial charge in [0.1, 0.15) is 11.4 Å². The highest BCUT2D eigenvalue weighted by Gasteiger charge is 2.44. The number of carbonyl (C=O) groups excluding carboxylic acids is 2. The summed E-state index contributed by atoms with van der Waals surface area (Å²) in [7, 11) is 0. The predicted octanol–water partition coefficient (Wildman–Crippen LogP) is 5.90. The summed E-state index contributed by atoms with van der Waals surface area (Å²) in [6.07, 6.45) is 6.63. The zero-order valence-corrected chi connectivity index (χ0v) is 21.0. The van der Waals surface area contributed by atoms with Crippen molar-refractivity contribution < 1.29 is 14.0 Å². The van der Waals surface area contributed by atoms with Crippen molar-refractivity contribution in [3.8, 4) is 11.3 Å². The van der Waals surface area contributed by atoms with Crippen LogP contribution >= 0.6 is 11.6 Å². The van der Waals surface area contributed by atoms with Gasteiger partial charge in [0.05, 0.1) is 34.7 Å². The van der Waals surface area contributed by atoms with E-state index in [1.807, 2.05) is 24.4 Å². The molecular weight excluding hydrogens is 490 g/mol. The molecule has 1 aliphatic carbocycles. The van der Waals surface area contributed by atoms with E-state index in [2.05, 4.69) is 32.3 Å². The molecule has 4 heterocycles. The zero-order chi connectivity index (χ0) is 25.1. The van der Waals surface area contributed by atoms with Crippen LogP contribution in [0.4, 0.5) is 10.5 Å². The number of halogens is 1. The molecule has 1 spiro atoms. The summed E-state index contributed by atoms with van der Waals surface area (Å²) in [6, 6.07) is 13.4. The van der Waals surface area contributed by atoms with Gasteiger partial charge in [0.2, 0.25) is 0 Å². The van der Waals surface area contributed by atoms with Crippen LogP contribution in [0.3, 0.4) is 0 Å². The summed E-state index contributed by atoms with van der Waals surface area (Å²) in [5.41, 5.74) is 3.68. The Labute approximate surface area is 218 Å². The van der Waals surface area contributed by atoms with Crippen LogP contribution in [-0.4, -0.2) is 32.9 Å². The van der Waals surface area contributed by atoms with Gasteiger partial charge in [-0.05, 0) is 30.5 Å². The van der Waals surface area contributed by atoms with Gasteiger partial charge in [0.15, 0.2) is 5.76 Å². The van der Waals surface area contributed by atoms with Crippen LogP contribution in [0.25, 0.3) is 22.2 Å². The number of rotatable bonds is 2. The fourth-order valence-electron chi connectivity index (χ4n) is 6.22. The van der Waals surface area contributed by atoms with E-state index >= 15 is 0 Å². The molecule has 37 heavy (non-hydrogen) atoms. The van der Waals surface area contributed by atoms with E-state index in [0.717, 1.165) is 60.1 Å². The Morgan fingerprint density at radius 1 is 1.08 bits per heavy atom. The second-order valence-corrected chi connectivity index (χ2v) is 10.6. The van der Waals surface area contributed by atoms with Crippen molar-refractivity contribution in [1.29, 1.82) is 0 Å². The number of benzene rings is 2. The highest BCUT2D eigenvalue weighted by molar-refractivity contribution is 6.35. The minimum absolute atomic E-state index is 0.179. The number of furan rings is 1. The van der Waals surface area contributed by atoms with Crippen LogP contribution < -0.4 is 10.6 Å². The van der Waals surface area contributed by atoms with Crippen molar-refractivity contribution in [2.45, 2.75) is 50.7 Å². The summed E-state index contributed by atoms with van der Waals surface area (Å²) >= 11 is 6.64. The Bertz CT molecular complexity index is 1550. The molecule has 2 N–H and O–H groups in total. The standard InChI is InChI=1S/C28H26ClN5O3/c29-19-13-18-14-21(37-25(18)23-24(19)31-27(36)32-28(23)9-5-2-6-10-28)26(35)33-11-12-34-20(15-30-22(34)16-33)17-7-3-1-4-8-17/h1,3-4,7-8,13-15H,2,5-6,9-12,16H2,(H2,31,32,36). The summed E-state index contributed by atoms with van der Waals surface area (Å²) in [5.74, 6) is 0.941. The van der Waals surface area contributed by atoms with Crippen molar-refractivity contribution in [1.82, 2.24) is 19.8 Å². The molecular formula is C28H26ClN5O3. The van der Waals surface area contributed by atoms with Crippen molar-refractivity contribution in [2.24, 2.45) is 0 Å². The number of hydrogen-bond acceptors (Lipinski definition) is 4. The molecule has 2 aromatic heterocycles. The lowest BCUT2D eigenvalue weighted by molar-refractivity contribution is 0.0677. The molecule has 2 aromatic carbocycles. The first-order valence-electron chi connectivity index (χ1n) is 12.8. The third-order valence-corrected chi connectivity index (χ3v) is 8.27. The Balaban J connectivity index is 1.24. The fourth-order valence-corrected chi connectivity index (χ4v) is 6.48. The van der Waals surface area contributed by atoms with Crippen LogP contribution in [0.1, 0.15) is 54.0 Å². The number of nitrogens with one attached hydrogen (secondary N) is 2. The Morgan fingerprint density at radius 2 is 1.89 bits per heavy atom. The van der Waals surface area contributed by atoms with E-state index < -0.39 is 5.54 Å². The average Bonchev–Trinajstić information content (AvgIpc) is 3.53. The maximum atomic E-state index is 13.6. The Hall–Kier alpha value is -3.78.